The van der Waals surface area contributed by atoms with Crippen molar-refractivity contribution >= 4 is 87.2 Å². The molecule has 6 aromatic heterocycles. The summed E-state index contributed by atoms with van der Waals surface area (Å²) in [4.78, 5) is 0. The Morgan fingerprint density at radius 3 is 0.688 bits per heavy atom. The molecule has 17 rings (SSSR count). The van der Waals surface area contributed by atoms with Crippen molar-refractivity contribution in [1.82, 2.24) is 38.7 Å². The highest BCUT2D eigenvalue weighted by Crippen LogP contribution is 2.45. The number of benzene rings is 11. The Labute approximate surface area is 455 Å². The van der Waals surface area contributed by atoms with Crippen LogP contribution < -0.4 is 0 Å². The number of rotatable bonds is 8. The topological polar surface area (TPSA) is 97.6 Å². The van der Waals surface area contributed by atoms with Crippen LogP contribution in [0.1, 0.15) is 0 Å². The van der Waals surface area contributed by atoms with Crippen molar-refractivity contribution < 1.29 is 8.83 Å². The van der Waals surface area contributed by atoms with Gasteiger partial charge in [-0.1, -0.05) is 170 Å². The molecule has 0 unspecified atom stereocenters. The number of aromatic nitrogens is 8. The maximum atomic E-state index is 6.96. The molecule has 0 fully saturated rings. The van der Waals surface area contributed by atoms with Crippen molar-refractivity contribution in [3.63, 3.8) is 0 Å². The number of hydrogen-bond donors (Lipinski definition) is 0. The fourth-order valence-electron chi connectivity index (χ4n) is 12.7. The third kappa shape index (κ3) is 6.35. The highest BCUT2D eigenvalue weighted by Gasteiger charge is 2.28. The van der Waals surface area contributed by atoms with E-state index in [1.165, 1.54) is 21.5 Å². The maximum Gasteiger partial charge on any atom is 0.250 e. The number of fused-ring (bicyclic) bond motifs is 12. The molecule has 0 aliphatic heterocycles. The summed E-state index contributed by atoms with van der Waals surface area (Å²) in [6, 6.07) is 89.2. The lowest BCUT2D eigenvalue weighted by Gasteiger charge is -2.19. The van der Waals surface area contributed by atoms with Gasteiger partial charge in [-0.2, -0.15) is 0 Å². The second-order valence-corrected chi connectivity index (χ2v) is 20.2. The van der Waals surface area contributed by atoms with Gasteiger partial charge in [-0.05, 0) is 84.9 Å². The lowest BCUT2D eigenvalue weighted by atomic mass is 10.1. The largest absolute Gasteiger partial charge is 0.416 e. The molecule has 0 amide bonds. The Hall–Kier alpha value is -11.1. The molecule has 374 valence electrons. The smallest absolute Gasteiger partial charge is 0.250 e. The van der Waals surface area contributed by atoms with Crippen molar-refractivity contribution in [3.8, 4) is 68.6 Å². The Kier molecular flexibility index (Phi) is 9.48. The highest BCUT2D eigenvalue weighted by molar-refractivity contribution is 6.14. The van der Waals surface area contributed by atoms with Crippen LogP contribution in [-0.2, 0) is 0 Å². The van der Waals surface area contributed by atoms with Crippen LogP contribution in [0, 0.1) is 0 Å². The summed E-state index contributed by atoms with van der Waals surface area (Å²) in [5.41, 5.74) is 15.2. The van der Waals surface area contributed by atoms with Crippen LogP contribution in [0.2, 0.25) is 0 Å². The zero-order chi connectivity index (χ0) is 52.4. The first-order chi connectivity index (χ1) is 39.7. The molecule has 0 aliphatic carbocycles. The van der Waals surface area contributed by atoms with Crippen LogP contribution in [0.15, 0.2) is 264 Å². The second kappa shape index (κ2) is 17.2. The van der Waals surface area contributed by atoms with Crippen LogP contribution in [0.5, 0.6) is 0 Å². The Balaban J connectivity index is 0.850. The summed E-state index contributed by atoms with van der Waals surface area (Å²) in [5, 5.41) is 28.7. The fourth-order valence-corrected chi connectivity index (χ4v) is 12.7. The minimum Gasteiger partial charge on any atom is -0.416 e. The molecular formula is C70H42N8O2. The van der Waals surface area contributed by atoms with Gasteiger partial charge in [0, 0.05) is 43.1 Å². The molecule has 10 heteroatoms. The average Bonchev–Trinajstić information content (AvgIpc) is 4.54. The monoisotopic (exact) mass is 1030 g/mol. The molecule has 0 aliphatic rings. The van der Waals surface area contributed by atoms with Crippen molar-refractivity contribution in [1.29, 1.82) is 0 Å². The minimum atomic E-state index is 0.310. The SMILES string of the molecule is c1ccc(-c2nnc(-c3cccc(-n4c5ccccc5c5ccccc54)c3-n3c4ccccc4c4ccccc43)o2)c(-c2nnc(-c3cccc(-n4c5ccccc5c5ccccc54)c3-n3c4ccccc4c4ccccc43)o2)c1. The first-order valence-corrected chi connectivity index (χ1v) is 26.7. The van der Waals surface area contributed by atoms with E-state index >= 15 is 0 Å². The molecule has 17 aromatic rings. The quantitative estimate of drug-likeness (QED) is 0.150. The van der Waals surface area contributed by atoms with Gasteiger partial charge in [0.25, 0.3) is 0 Å². The van der Waals surface area contributed by atoms with Crippen molar-refractivity contribution in [3.05, 3.63) is 255 Å². The molecule has 0 bridgehead atoms. The van der Waals surface area contributed by atoms with E-state index in [1.807, 2.05) is 24.3 Å². The average molecular weight is 1030 g/mol. The zero-order valence-electron chi connectivity index (χ0n) is 42.6. The van der Waals surface area contributed by atoms with Gasteiger partial charge in [0.15, 0.2) is 0 Å². The van der Waals surface area contributed by atoms with E-state index < -0.39 is 0 Å². The van der Waals surface area contributed by atoms with Gasteiger partial charge in [0.2, 0.25) is 23.6 Å². The maximum absolute atomic E-state index is 6.96. The number of nitrogens with zero attached hydrogens (tertiary/aromatic N) is 8. The summed E-state index contributed by atoms with van der Waals surface area (Å²) in [6.45, 7) is 0. The van der Waals surface area contributed by atoms with Crippen molar-refractivity contribution in [2.45, 2.75) is 0 Å². The predicted molar refractivity (Wildman–Crippen MR) is 321 cm³/mol. The summed E-state index contributed by atoms with van der Waals surface area (Å²) < 4.78 is 23.3. The van der Waals surface area contributed by atoms with Gasteiger partial charge in [-0.25, -0.2) is 0 Å². The molecule has 80 heavy (non-hydrogen) atoms. The van der Waals surface area contributed by atoms with Crippen LogP contribution >= 0.6 is 0 Å². The van der Waals surface area contributed by atoms with Gasteiger partial charge in [0.1, 0.15) is 0 Å². The van der Waals surface area contributed by atoms with E-state index in [0.717, 1.165) is 99.6 Å². The summed E-state index contributed by atoms with van der Waals surface area (Å²) in [6.07, 6.45) is 0. The number of para-hydroxylation sites is 10. The molecule has 0 saturated heterocycles. The first kappa shape index (κ1) is 44.1. The van der Waals surface area contributed by atoms with Crippen LogP contribution in [0.25, 0.3) is 156 Å². The van der Waals surface area contributed by atoms with Crippen LogP contribution in [0.3, 0.4) is 0 Å². The molecular weight excluding hydrogens is 985 g/mol. The predicted octanol–water partition coefficient (Wildman–Crippen LogP) is 17.5. The Bertz CT molecular complexity index is 4810. The van der Waals surface area contributed by atoms with Gasteiger partial charge in [-0.3, -0.25) is 0 Å². The molecule has 0 radical (unpaired) electrons. The molecule has 0 spiro atoms. The van der Waals surface area contributed by atoms with E-state index in [-0.39, 0.29) is 0 Å². The van der Waals surface area contributed by atoms with Gasteiger partial charge >= 0.3 is 0 Å². The molecule has 6 heterocycles. The van der Waals surface area contributed by atoms with Gasteiger partial charge in [-0.15, -0.1) is 20.4 Å². The van der Waals surface area contributed by atoms with Crippen LogP contribution in [-0.4, -0.2) is 38.7 Å². The summed E-state index contributed by atoms with van der Waals surface area (Å²) >= 11 is 0. The van der Waals surface area contributed by atoms with E-state index in [1.54, 1.807) is 0 Å². The van der Waals surface area contributed by atoms with E-state index in [0.29, 0.717) is 34.7 Å². The third-order valence-electron chi connectivity index (χ3n) is 16.0. The third-order valence-corrected chi connectivity index (χ3v) is 16.0. The molecule has 0 atom stereocenters. The summed E-state index contributed by atoms with van der Waals surface area (Å²) in [5.74, 6) is 1.34. The van der Waals surface area contributed by atoms with Crippen molar-refractivity contribution in [2.24, 2.45) is 0 Å². The van der Waals surface area contributed by atoms with E-state index in [4.69, 9.17) is 29.2 Å². The standard InChI is InChI=1S/C70H42N8O2/c1-2-30-52(68-72-74-70(80-68)54-32-20-42-64(76-57-35-13-5-23-45(57)46-24-6-14-36-58(46)76)66(54)78-61-39-17-9-27-49(61)50-28-10-18-40-62(50)78)51(29-1)67-71-73-69(79-67)53-31-19-41-63(75-55-33-11-3-21-43(55)44-22-4-12-34-56(44)75)65(53)77-59-37-15-7-25-47(59)48-26-8-16-38-60(48)77/h1-42H. The van der Waals surface area contributed by atoms with Crippen molar-refractivity contribution in [2.75, 3.05) is 0 Å². The summed E-state index contributed by atoms with van der Waals surface area (Å²) in [7, 11) is 0. The Morgan fingerprint density at radius 2 is 0.412 bits per heavy atom. The molecule has 11 aromatic carbocycles. The Morgan fingerprint density at radius 1 is 0.200 bits per heavy atom. The second-order valence-electron chi connectivity index (χ2n) is 20.2. The molecule has 0 N–H and O–H groups in total. The van der Waals surface area contributed by atoms with Gasteiger partial charge in [0.05, 0.1) is 89.1 Å². The highest BCUT2D eigenvalue weighted by atomic mass is 16.4. The first-order valence-electron chi connectivity index (χ1n) is 26.7. The van der Waals surface area contributed by atoms with Gasteiger partial charge < -0.3 is 27.1 Å². The zero-order valence-corrected chi connectivity index (χ0v) is 42.6. The molecule has 0 saturated carbocycles. The molecule has 10 nitrogen and oxygen atoms in total. The fraction of sp³-hybridized carbons (Fsp3) is 0. The van der Waals surface area contributed by atoms with E-state index in [2.05, 4.69) is 249 Å². The lowest BCUT2D eigenvalue weighted by Crippen LogP contribution is -2.05. The minimum absolute atomic E-state index is 0.310. The van der Waals surface area contributed by atoms with Crippen LogP contribution in [0.4, 0.5) is 0 Å². The van der Waals surface area contributed by atoms with E-state index in [9.17, 15) is 0 Å². The lowest BCUT2D eigenvalue weighted by molar-refractivity contribution is 0.577. The normalized spacial score (nSPS) is 12.0. The number of hydrogen-bond acceptors (Lipinski definition) is 6.